The fourth-order valence-corrected chi connectivity index (χ4v) is 2.86. The molecule has 1 saturated carbocycles. The monoisotopic (exact) mass is 278 g/mol. The zero-order valence-corrected chi connectivity index (χ0v) is 12.1. The average molecular weight is 278 g/mol. The number of rotatable bonds is 4. The molecule has 2 N–H and O–H groups in total. The summed E-state index contributed by atoms with van der Waals surface area (Å²) >= 11 is 0. The normalized spacial score (nSPS) is 26.1. The van der Waals surface area contributed by atoms with Crippen molar-refractivity contribution >= 4 is 5.91 Å². The van der Waals surface area contributed by atoms with Crippen LogP contribution >= 0.6 is 0 Å². The first kappa shape index (κ1) is 14.8. The fraction of sp³-hybridized carbons (Fsp3) is 0.600. The van der Waals surface area contributed by atoms with Crippen LogP contribution in [0.1, 0.15) is 43.0 Å². The third-order valence-corrected chi connectivity index (χ3v) is 3.89. The second-order valence-electron chi connectivity index (χ2n) is 5.68. The molecule has 2 rings (SSSR count). The van der Waals surface area contributed by atoms with Crippen LogP contribution in [-0.2, 0) is 0 Å². The van der Waals surface area contributed by atoms with E-state index in [1.807, 2.05) is 0 Å². The maximum atomic E-state index is 12.2. The topological polar surface area (TPSA) is 71.5 Å². The van der Waals surface area contributed by atoms with E-state index in [1.54, 1.807) is 12.3 Å². The molecule has 0 aliphatic heterocycles. The van der Waals surface area contributed by atoms with Gasteiger partial charge in [-0.25, -0.2) is 0 Å². The Morgan fingerprint density at radius 2 is 2.45 bits per heavy atom. The summed E-state index contributed by atoms with van der Waals surface area (Å²) in [5, 5.41) is 13.3. The van der Waals surface area contributed by atoms with Gasteiger partial charge in [0.05, 0.1) is 24.5 Å². The lowest BCUT2D eigenvalue weighted by molar-refractivity contribution is -0.0109. The van der Waals surface area contributed by atoms with Crippen molar-refractivity contribution in [3.05, 3.63) is 24.0 Å². The van der Waals surface area contributed by atoms with E-state index in [9.17, 15) is 9.90 Å². The predicted molar refractivity (Wildman–Crippen MR) is 75.7 cm³/mol. The molecule has 5 heteroatoms. The van der Waals surface area contributed by atoms with Crippen LogP contribution in [0.15, 0.2) is 18.5 Å². The van der Waals surface area contributed by atoms with Crippen molar-refractivity contribution in [1.82, 2.24) is 10.3 Å². The Hall–Kier alpha value is -1.62. The van der Waals surface area contributed by atoms with Crippen LogP contribution in [0.4, 0.5) is 0 Å². The molecule has 1 aliphatic rings. The van der Waals surface area contributed by atoms with Crippen molar-refractivity contribution in [2.45, 2.75) is 38.2 Å². The number of hydrogen-bond acceptors (Lipinski definition) is 4. The molecule has 2 atom stereocenters. The molecule has 1 fully saturated rings. The molecule has 2 unspecified atom stereocenters. The van der Waals surface area contributed by atoms with E-state index in [0.717, 1.165) is 25.7 Å². The SMILES string of the molecule is COc1cnccc1C(=O)NCC1(O)CCCC(C)C1. The highest BCUT2D eigenvalue weighted by Gasteiger charge is 2.33. The van der Waals surface area contributed by atoms with Gasteiger partial charge in [0.2, 0.25) is 0 Å². The van der Waals surface area contributed by atoms with Gasteiger partial charge < -0.3 is 15.2 Å². The molecule has 110 valence electrons. The number of carbonyl (C=O) groups is 1. The molecule has 0 saturated heterocycles. The van der Waals surface area contributed by atoms with E-state index in [1.165, 1.54) is 13.3 Å². The van der Waals surface area contributed by atoms with E-state index >= 15 is 0 Å². The predicted octanol–water partition coefficient (Wildman–Crippen LogP) is 1.76. The van der Waals surface area contributed by atoms with Crippen molar-refractivity contribution in [3.8, 4) is 5.75 Å². The van der Waals surface area contributed by atoms with Gasteiger partial charge in [-0.3, -0.25) is 9.78 Å². The Labute approximate surface area is 119 Å². The summed E-state index contributed by atoms with van der Waals surface area (Å²) in [6.45, 7) is 2.42. The van der Waals surface area contributed by atoms with E-state index in [-0.39, 0.29) is 12.5 Å². The van der Waals surface area contributed by atoms with E-state index in [0.29, 0.717) is 17.2 Å². The number of amides is 1. The average Bonchev–Trinajstić information content (AvgIpc) is 2.44. The number of nitrogens with one attached hydrogen (secondary N) is 1. The van der Waals surface area contributed by atoms with Crippen molar-refractivity contribution < 1.29 is 14.6 Å². The second kappa shape index (κ2) is 6.22. The highest BCUT2D eigenvalue weighted by atomic mass is 16.5. The minimum atomic E-state index is -0.784. The van der Waals surface area contributed by atoms with Gasteiger partial charge in [-0.2, -0.15) is 0 Å². The van der Waals surface area contributed by atoms with Gasteiger partial charge >= 0.3 is 0 Å². The first-order valence-electron chi connectivity index (χ1n) is 7.03. The Morgan fingerprint density at radius 3 is 3.15 bits per heavy atom. The number of ether oxygens (including phenoxy) is 1. The molecule has 1 aromatic rings. The summed E-state index contributed by atoms with van der Waals surface area (Å²) in [6, 6.07) is 1.61. The van der Waals surface area contributed by atoms with Gasteiger partial charge in [0.15, 0.2) is 0 Å². The number of carbonyl (C=O) groups excluding carboxylic acids is 1. The van der Waals surface area contributed by atoms with E-state index < -0.39 is 5.60 Å². The quantitative estimate of drug-likeness (QED) is 0.880. The highest BCUT2D eigenvalue weighted by molar-refractivity contribution is 5.96. The molecule has 1 amide bonds. The molecule has 0 aromatic carbocycles. The Balaban J connectivity index is 1.98. The van der Waals surface area contributed by atoms with Gasteiger partial charge in [-0.15, -0.1) is 0 Å². The van der Waals surface area contributed by atoms with Gasteiger partial charge in [-0.05, 0) is 24.8 Å². The van der Waals surface area contributed by atoms with Crippen molar-refractivity contribution in [1.29, 1.82) is 0 Å². The standard InChI is InChI=1S/C15H22N2O3/c1-11-4-3-6-15(19,8-11)10-17-14(18)12-5-7-16-9-13(12)20-2/h5,7,9,11,19H,3-4,6,8,10H2,1-2H3,(H,17,18). The first-order chi connectivity index (χ1) is 9.54. The Bertz CT molecular complexity index is 478. The van der Waals surface area contributed by atoms with Crippen LogP contribution in [0.5, 0.6) is 5.75 Å². The lowest BCUT2D eigenvalue weighted by atomic mass is 9.79. The number of methoxy groups -OCH3 is 1. The molecular formula is C15H22N2O3. The van der Waals surface area contributed by atoms with Gasteiger partial charge in [-0.1, -0.05) is 19.8 Å². The van der Waals surface area contributed by atoms with Crippen LogP contribution < -0.4 is 10.1 Å². The maximum absolute atomic E-state index is 12.2. The maximum Gasteiger partial charge on any atom is 0.255 e. The van der Waals surface area contributed by atoms with Crippen LogP contribution in [0, 0.1) is 5.92 Å². The minimum absolute atomic E-state index is 0.240. The van der Waals surface area contributed by atoms with Crippen molar-refractivity contribution in [2.24, 2.45) is 5.92 Å². The molecule has 1 heterocycles. The molecule has 1 aromatic heterocycles. The summed E-state index contributed by atoms with van der Waals surface area (Å²) < 4.78 is 5.11. The third-order valence-electron chi connectivity index (χ3n) is 3.89. The van der Waals surface area contributed by atoms with Gasteiger partial charge in [0.25, 0.3) is 5.91 Å². The second-order valence-corrected chi connectivity index (χ2v) is 5.68. The molecule has 20 heavy (non-hydrogen) atoms. The lowest BCUT2D eigenvalue weighted by Crippen LogP contribution is -2.45. The molecule has 1 aliphatic carbocycles. The molecule has 0 radical (unpaired) electrons. The molecule has 0 bridgehead atoms. The summed E-state index contributed by atoms with van der Waals surface area (Å²) in [4.78, 5) is 16.1. The van der Waals surface area contributed by atoms with E-state index in [2.05, 4.69) is 17.2 Å². The van der Waals surface area contributed by atoms with Gasteiger partial charge in [0, 0.05) is 12.7 Å². The first-order valence-corrected chi connectivity index (χ1v) is 7.03. The summed E-state index contributed by atoms with van der Waals surface area (Å²) in [5.41, 5.74) is -0.344. The zero-order chi connectivity index (χ0) is 14.6. The van der Waals surface area contributed by atoms with Crippen LogP contribution in [-0.4, -0.2) is 35.3 Å². The lowest BCUT2D eigenvalue weighted by Gasteiger charge is -2.35. The van der Waals surface area contributed by atoms with Crippen molar-refractivity contribution in [2.75, 3.05) is 13.7 Å². The van der Waals surface area contributed by atoms with Crippen LogP contribution in [0.25, 0.3) is 0 Å². The number of hydrogen-bond donors (Lipinski definition) is 2. The summed E-state index contributed by atoms with van der Waals surface area (Å²) in [5.74, 6) is 0.700. The fourth-order valence-electron chi connectivity index (χ4n) is 2.86. The Morgan fingerprint density at radius 1 is 1.65 bits per heavy atom. The van der Waals surface area contributed by atoms with Gasteiger partial charge in [0.1, 0.15) is 5.75 Å². The molecule has 0 spiro atoms. The number of aromatic nitrogens is 1. The van der Waals surface area contributed by atoms with Crippen LogP contribution in [0.2, 0.25) is 0 Å². The number of aliphatic hydroxyl groups is 1. The molecular weight excluding hydrogens is 256 g/mol. The van der Waals surface area contributed by atoms with E-state index in [4.69, 9.17) is 4.74 Å². The minimum Gasteiger partial charge on any atom is -0.494 e. The number of pyridine rings is 1. The highest BCUT2D eigenvalue weighted by Crippen LogP contribution is 2.31. The Kier molecular flexibility index (Phi) is 4.60. The zero-order valence-electron chi connectivity index (χ0n) is 12.1. The number of nitrogens with zero attached hydrogens (tertiary/aromatic N) is 1. The molecule has 5 nitrogen and oxygen atoms in total. The third kappa shape index (κ3) is 3.48. The largest absolute Gasteiger partial charge is 0.494 e. The summed E-state index contributed by atoms with van der Waals surface area (Å²) in [6.07, 6.45) is 6.69. The summed E-state index contributed by atoms with van der Waals surface area (Å²) in [7, 11) is 1.50. The van der Waals surface area contributed by atoms with Crippen LogP contribution in [0.3, 0.4) is 0 Å². The smallest absolute Gasteiger partial charge is 0.255 e. The van der Waals surface area contributed by atoms with Crippen molar-refractivity contribution in [3.63, 3.8) is 0 Å².